The number of thioether (sulfide) groups is 1. The van der Waals surface area contributed by atoms with Gasteiger partial charge in [0.05, 0.1) is 18.6 Å². The summed E-state index contributed by atoms with van der Waals surface area (Å²) in [5, 5.41) is 20.3. The Kier molecular flexibility index (Phi) is 5.52. The Morgan fingerprint density at radius 2 is 2.08 bits per heavy atom. The summed E-state index contributed by atoms with van der Waals surface area (Å²) in [6, 6.07) is 10.9. The van der Waals surface area contributed by atoms with Crippen LogP contribution >= 0.6 is 11.8 Å². The van der Waals surface area contributed by atoms with E-state index in [2.05, 4.69) is 15.5 Å². The van der Waals surface area contributed by atoms with Gasteiger partial charge in [-0.05, 0) is 47.9 Å². The lowest BCUT2D eigenvalue weighted by atomic mass is 10.1. The number of amidine groups is 1. The molecule has 0 bridgehead atoms. The van der Waals surface area contributed by atoms with E-state index in [0.29, 0.717) is 22.9 Å². The van der Waals surface area contributed by atoms with Crippen LogP contribution in [-0.2, 0) is 11.2 Å². The lowest BCUT2D eigenvalue weighted by Crippen LogP contribution is -2.25. The number of methoxy groups -OCH3 is 1. The van der Waals surface area contributed by atoms with Crippen LogP contribution in [0.4, 0.5) is 4.39 Å². The first kappa shape index (κ1) is 17.9. The molecule has 3 rings (SSSR count). The minimum atomic E-state index is -0.330. The Morgan fingerprint density at radius 1 is 1.31 bits per heavy atom. The number of rotatable bonds is 5. The zero-order valence-corrected chi connectivity index (χ0v) is 14.7. The van der Waals surface area contributed by atoms with Crippen LogP contribution < -0.4 is 10.1 Å². The number of aromatic hydroxyl groups is 1. The summed E-state index contributed by atoms with van der Waals surface area (Å²) in [6.45, 7) is 0. The highest BCUT2D eigenvalue weighted by atomic mass is 32.2. The number of hydrogen-bond acceptors (Lipinski definition) is 6. The molecule has 1 aliphatic rings. The predicted octanol–water partition coefficient (Wildman–Crippen LogP) is 2.70. The zero-order valence-electron chi connectivity index (χ0n) is 13.8. The maximum Gasteiger partial charge on any atom is 0.239 e. The van der Waals surface area contributed by atoms with Gasteiger partial charge in [-0.1, -0.05) is 23.9 Å². The monoisotopic (exact) mass is 373 g/mol. The molecule has 1 saturated heterocycles. The van der Waals surface area contributed by atoms with E-state index >= 15 is 0 Å². The molecule has 0 aromatic heterocycles. The van der Waals surface area contributed by atoms with Crippen LogP contribution in [0.25, 0.3) is 0 Å². The van der Waals surface area contributed by atoms with Crippen LogP contribution in [0, 0.1) is 5.82 Å². The van der Waals surface area contributed by atoms with Crippen LogP contribution in [0.5, 0.6) is 11.5 Å². The van der Waals surface area contributed by atoms with Gasteiger partial charge in [0.1, 0.15) is 5.82 Å². The molecule has 0 saturated carbocycles. The van der Waals surface area contributed by atoms with Crippen molar-refractivity contribution < 1.29 is 19.0 Å². The number of phenols is 1. The largest absolute Gasteiger partial charge is 0.504 e. The molecule has 1 atom stereocenters. The van der Waals surface area contributed by atoms with Crippen LogP contribution in [0.3, 0.4) is 0 Å². The number of carbonyl (C=O) groups excluding carboxylic acids is 1. The van der Waals surface area contributed by atoms with Crippen molar-refractivity contribution in [3.05, 3.63) is 59.4 Å². The molecule has 1 fully saturated rings. The highest BCUT2D eigenvalue weighted by Gasteiger charge is 2.30. The topological polar surface area (TPSA) is 83.3 Å². The van der Waals surface area contributed by atoms with Crippen molar-refractivity contribution in [2.45, 2.75) is 11.7 Å². The number of nitrogens with zero attached hydrogens (tertiary/aromatic N) is 2. The summed E-state index contributed by atoms with van der Waals surface area (Å²) in [5.74, 6) is -0.0815. The molecule has 0 radical (unpaired) electrons. The second-order valence-electron chi connectivity index (χ2n) is 5.51. The molecule has 2 N–H and O–H groups in total. The van der Waals surface area contributed by atoms with Gasteiger partial charge in [0.15, 0.2) is 16.7 Å². The average molecular weight is 373 g/mol. The van der Waals surface area contributed by atoms with Crippen LogP contribution in [-0.4, -0.2) is 34.8 Å². The van der Waals surface area contributed by atoms with E-state index in [1.165, 1.54) is 43.3 Å². The van der Waals surface area contributed by atoms with Gasteiger partial charge in [-0.25, -0.2) is 4.39 Å². The molecule has 6 nitrogen and oxygen atoms in total. The van der Waals surface area contributed by atoms with Crippen molar-refractivity contribution in [2.75, 3.05) is 7.11 Å². The number of amides is 1. The van der Waals surface area contributed by atoms with Crippen molar-refractivity contribution in [3.63, 3.8) is 0 Å². The minimum absolute atomic E-state index is 0.0400. The van der Waals surface area contributed by atoms with Gasteiger partial charge in [0.2, 0.25) is 5.91 Å². The van der Waals surface area contributed by atoms with E-state index in [1.807, 2.05) is 0 Å². The van der Waals surface area contributed by atoms with Gasteiger partial charge in [-0.15, -0.1) is 5.10 Å². The molecule has 2 aromatic carbocycles. The Balaban J connectivity index is 1.63. The Bertz CT molecular complexity index is 868. The first-order valence-electron chi connectivity index (χ1n) is 7.75. The number of carbonyl (C=O) groups is 1. The van der Waals surface area contributed by atoms with Gasteiger partial charge in [-0.3, -0.25) is 4.79 Å². The lowest BCUT2D eigenvalue weighted by Gasteiger charge is -2.04. The highest BCUT2D eigenvalue weighted by Crippen LogP contribution is 2.26. The van der Waals surface area contributed by atoms with Crippen molar-refractivity contribution in [1.29, 1.82) is 0 Å². The summed E-state index contributed by atoms with van der Waals surface area (Å²) in [6.07, 6.45) is 1.98. The maximum absolute atomic E-state index is 12.9. The summed E-state index contributed by atoms with van der Waals surface area (Å²) < 4.78 is 18.0. The van der Waals surface area contributed by atoms with E-state index in [4.69, 9.17) is 4.74 Å². The molecule has 2 aromatic rings. The normalized spacial score (nSPS) is 18.5. The zero-order chi connectivity index (χ0) is 18.5. The maximum atomic E-state index is 12.9. The fourth-order valence-electron chi connectivity index (χ4n) is 2.34. The van der Waals surface area contributed by atoms with Crippen LogP contribution in [0.15, 0.2) is 52.7 Å². The van der Waals surface area contributed by atoms with Gasteiger partial charge >= 0.3 is 0 Å². The standard InChI is InChI=1S/C18H16FN3O3S/c1-25-15-8-12(4-7-14(15)23)10-20-22-18-21-17(24)16(26-18)9-11-2-5-13(19)6-3-11/h2-8,10,16,23H,9H2,1H3,(H,21,22,24)/b20-10+/t16-/m1/s1. The summed E-state index contributed by atoms with van der Waals surface area (Å²) in [5.41, 5.74) is 1.57. The van der Waals surface area contributed by atoms with Crippen LogP contribution in [0.2, 0.25) is 0 Å². The smallest absolute Gasteiger partial charge is 0.239 e. The van der Waals surface area contributed by atoms with E-state index in [9.17, 15) is 14.3 Å². The second kappa shape index (κ2) is 8.01. The van der Waals surface area contributed by atoms with E-state index in [1.54, 1.807) is 24.3 Å². The number of phenolic OH excluding ortho intramolecular Hbond substituents is 1. The van der Waals surface area contributed by atoms with Gasteiger partial charge in [0.25, 0.3) is 0 Å². The molecule has 1 heterocycles. The third kappa shape index (κ3) is 4.40. The van der Waals surface area contributed by atoms with E-state index in [-0.39, 0.29) is 22.7 Å². The third-order valence-corrected chi connectivity index (χ3v) is 4.74. The molecule has 8 heteroatoms. The molecule has 0 aliphatic carbocycles. The fourth-order valence-corrected chi connectivity index (χ4v) is 3.31. The molecule has 0 unspecified atom stereocenters. The number of ether oxygens (including phenoxy) is 1. The van der Waals surface area contributed by atoms with E-state index in [0.717, 1.165) is 5.56 Å². The number of benzene rings is 2. The van der Waals surface area contributed by atoms with Gasteiger partial charge < -0.3 is 15.2 Å². The first-order chi connectivity index (χ1) is 12.5. The number of halogens is 1. The summed E-state index contributed by atoms with van der Waals surface area (Å²) in [4.78, 5) is 12.0. The van der Waals surface area contributed by atoms with Crippen molar-refractivity contribution >= 4 is 29.1 Å². The summed E-state index contributed by atoms with van der Waals surface area (Å²) >= 11 is 1.28. The Labute approximate surface area is 153 Å². The molecular formula is C18H16FN3O3S. The number of nitrogens with one attached hydrogen (secondary N) is 1. The van der Waals surface area contributed by atoms with Gasteiger partial charge in [0, 0.05) is 0 Å². The minimum Gasteiger partial charge on any atom is -0.504 e. The molecular weight excluding hydrogens is 357 g/mol. The second-order valence-corrected chi connectivity index (χ2v) is 6.70. The quantitative estimate of drug-likeness (QED) is 0.624. The lowest BCUT2D eigenvalue weighted by molar-refractivity contribution is -0.118. The molecule has 26 heavy (non-hydrogen) atoms. The predicted molar refractivity (Wildman–Crippen MR) is 99.3 cm³/mol. The summed E-state index contributed by atoms with van der Waals surface area (Å²) in [7, 11) is 1.46. The van der Waals surface area contributed by atoms with Crippen LogP contribution in [0.1, 0.15) is 11.1 Å². The molecule has 1 aliphatic heterocycles. The number of hydrogen-bond donors (Lipinski definition) is 2. The Hall–Kier alpha value is -2.87. The van der Waals surface area contributed by atoms with E-state index < -0.39 is 0 Å². The average Bonchev–Trinajstić information content (AvgIpc) is 2.98. The fraction of sp³-hybridized carbons (Fsp3) is 0.167. The SMILES string of the molecule is COc1cc(/C=N/N=C2/NC(=O)[C@@H](Cc3ccc(F)cc3)S2)ccc1O. The van der Waals surface area contributed by atoms with Crippen molar-refractivity contribution in [2.24, 2.45) is 10.2 Å². The van der Waals surface area contributed by atoms with Crippen molar-refractivity contribution in [1.82, 2.24) is 5.32 Å². The molecule has 0 spiro atoms. The van der Waals surface area contributed by atoms with Gasteiger partial charge in [-0.2, -0.15) is 5.10 Å². The Morgan fingerprint density at radius 3 is 2.81 bits per heavy atom. The first-order valence-corrected chi connectivity index (χ1v) is 8.63. The third-order valence-electron chi connectivity index (χ3n) is 3.67. The van der Waals surface area contributed by atoms with Crippen molar-refractivity contribution in [3.8, 4) is 11.5 Å². The molecule has 134 valence electrons. The highest BCUT2D eigenvalue weighted by molar-refractivity contribution is 8.15. The molecule has 1 amide bonds.